The zero-order valence-corrected chi connectivity index (χ0v) is 33.6. The molecule has 0 spiro atoms. The first kappa shape index (κ1) is 39.0. The summed E-state index contributed by atoms with van der Waals surface area (Å²) in [4.78, 5) is 22.4. The number of carbonyl (C=O) groups is 1. The second-order valence-corrected chi connectivity index (χ2v) is 21.1. The number of halogens is 3. The summed E-state index contributed by atoms with van der Waals surface area (Å²) < 4.78 is 14.2. The molecule has 0 radical (unpaired) electrons. The minimum absolute atomic E-state index is 0.203. The van der Waals surface area contributed by atoms with E-state index < -0.39 is 44.7 Å². The third kappa shape index (κ3) is 7.52. The van der Waals surface area contributed by atoms with Crippen molar-refractivity contribution in [1.82, 2.24) is 14.5 Å². The van der Waals surface area contributed by atoms with Gasteiger partial charge in [0.1, 0.15) is 43.5 Å². The van der Waals surface area contributed by atoms with Crippen LogP contribution in [-0.4, -0.2) is 57.1 Å². The topological polar surface area (TPSA) is 107 Å². The SMILES string of the molecule is CC(C)[Si](C#Cc1cn([C@@H]2O[C@H]([C@H](OC(=O)c3ccc(-c4ccccc4)cc3)c3ccc(Cl)c(Cl)c3)[C@@H](O)[C@H]2O)c2ncnc(Cl)c12)(C(C)C)C(C)C. The number of benzene rings is 3. The van der Waals surface area contributed by atoms with Gasteiger partial charge >= 0.3 is 5.97 Å². The van der Waals surface area contributed by atoms with Crippen molar-refractivity contribution in [3.05, 3.63) is 117 Å². The summed E-state index contributed by atoms with van der Waals surface area (Å²) >= 11 is 19.3. The van der Waals surface area contributed by atoms with E-state index in [4.69, 9.17) is 44.3 Å². The molecule has 1 saturated heterocycles. The molecule has 53 heavy (non-hydrogen) atoms. The molecule has 0 amide bonds. The number of fused-ring (bicyclic) bond motifs is 1. The van der Waals surface area contributed by atoms with E-state index in [0.717, 1.165) is 11.1 Å². The van der Waals surface area contributed by atoms with Crippen molar-refractivity contribution in [2.24, 2.45) is 0 Å². The van der Waals surface area contributed by atoms with E-state index in [9.17, 15) is 15.0 Å². The Balaban J connectivity index is 1.37. The Kier molecular flexibility index (Phi) is 11.7. The first-order valence-corrected chi connectivity index (χ1v) is 21.0. The molecular weight excluding hydrogens is 749 g/mol. The van der Waals surface area contributed by atoms with Gasteiger partial charge in [0.2, 0.25) is 0 Å². The standard InChI is InChI=1S/C41H42Cl3N3O5Si/c1-23(2)53(24(3)4,25(5)6)19-18-30-21-47(39-33(30)38(44)45-22-46-39)40-35(49)34(48)37(51-40)36(29-16-17-31(42)32(43)20-29)52-41(50)28-14-12-27(13-15-28)26-10-8-7-9-11-26/h7-17,20-25,34-37,40,48-49H,1-6H3/t34-,35+,36+,37-,40+/m0/s1. The molecule has 0 bridgehead atoms. The second-order valence-electron chi connectivity index (χ2n) is 14.4. The molecule has 0 unspecified atom stereocenters. The summed E-state index contributed by atoms with van der Waals surface area (Å²) in [6, 6.07) is 21.6. The lowest BCUT2D eigenvalue weighted by molar-refractivity contribution is -0.0916. The number of carbonyl (C=O) groups excluding carboxylic acids is 1. The van der Waals surface area contributed by atoms with Crippen molar-refractivity contribution in [1.29, 1.82) is 0 Å². The molecule has 8 nitrogen and oxygen atoms in total. The molecule has 5 aromatic rings. The van der Waals surface area contributed by atoms with Gasteiger partial charge in [-0.3, -0.25) is 0 Å². The number of aromatic nitrogens is 3. The van der Waals surface area contributed by atoms with E-state index in [1.165, 1.54) is 6.33 Å². The van der Waals surface area contributed by atoms with Crippen molar-refractivity contribution in [3.8, 4) is 22.6 Å². The number of ether oxygens (including phenoxy) is 2. The normalized spacial score (nSPS) is 19.5. The minimum Gasteiger partial charge on any atom is -0.451 e. The smallest absolute Gasteiger partial charge is 0.338 e. The van der Waals surface area contributed by atoms with Gasteiger partial charge in [-0.25, -0.2) is 14.8 Å². The monoisotopic (exact) mass is 789 g/mol. The predicted molar refractivity (Wildman–Crippen MR) is 213 cm³/mol. The molecule has 1 aliphatic heterocycles. The van der Waals surface area contributed by atoms with Gasteiger partial charge in [-0.15, -0.1) is 5.54 Å². The number of aliphatic hydroxyl groups is 2. The number of esters is 1. The van der Waals surface area contributed by atoms with E-state index in [1.54, 1.807) is 41.1 Å². The highest BCUT2D eigenvalue weighted by atomic mass is 35.5. The van der Waals surface area contributed by atoms with Crippen molar-refractivity contribution in [2.45, 2.75) is 88.8 Å². The van der Waals surface area contributed by atoms with Gasteiger partial charge in [0.25, 0.3) is 0 Å². The highest BCUT2D eigenvalue weighted by molar-refractivity contribution is 6.90. The Hall–Kier alpha value is -3.72. The van der Waals surface area contributed by atoms with Crippen LogP contribution in [0.4, 0.5) is 0 Å². The van der Waals surface area contributed by atoms with Crippen LogP contribution in [0.25, 0.3) is 22.2 Å². The lowest BCUT2D eigenvalue weighted by Gasteiger charge is -2.38. The molecule has 12 heteroatoms. The van der Waals surface area contributed by atoms with E-state index in [0.29, 0.717) is 43.8 Å². The van der Waals surface area contributed by atoms with Crippen LogP contribution in [-0.2, 0) is 9.47 Å². The molecule has 6 rings (SSSR count). The van der Waals surface area contributed by atoms with Gasteiger partial charge in [0.15, 0.2) is 12.3 Å². The maximum atomic E-state index is 13.7. The molecule has 0 aliphatic carbocycles. The lowest BCUT2D eigenvalue weighted by Crippen LogP contribution is -2.43. The average molecular weight is 791 g/mol. The largest absolute Gasteiger partial charge is 0.451 e. The van der Waals surface area contributed by atoms with Crippen LogP contribution in [0.3, 0.4) is 0 Å². The molecule has 0 saturated carbocycles. The Bertz CT molecular complexity index is 2140. The zero-order valence-electron chi connectivity index (χ0n) is 30.3. The number of hydrogen-bond donors (Lipinski definition) is 2. The summed E-state index contributed by atoms with van der Waals surface area (Å²) in [5.41, 5.74) is 8.51. The summed E-state index contributed by atoms with van der Waals surface area (Å²) in [5, 5.41) is 24.4. The fourth-order valence-electron chi connectivity index (χ4n) is 7.74. The number of rotatable bonds is 9. The molecule has 3 heterocycles. The van der Waals surface area contributed by atoms with E-state index in [2.05, 4.69) is 63.0 Å². The molecule has 1 aliphatic rings. The van der Waals surface area contributed by atoms with Crippen LogP contribution in [0.1, 0.15) is 75.4 Å². The van der Waals surface area contributed by atoms with Crippen LogP contribution < -0.4 is 0 Å². The maximum Gasteiger partial charge on any atom is 0.338 e. The Morgan fingerprint density at radius 1 is 0.849 bits per heavy atom. The Labute approximate surface area is 326 Å². The van der Waals surface area contributed by atoms with Crippen LogP contribution >= 0.6 is 34.8 Å². The molecule has 1 fully saturated rings. The summed E-state index contributed by atoms with van der Waals surface area (Å²) in [6.45, 7) is 13.4. The summed E-state index contributed by atoms with van der Waals surface area (Å²) in [7, 11) is -2.14. The van der Waals surface area contributed by atoms with Gasteiger partial charge in [-0.05, 0) is 57.6 Å². The summed E-state index contributed by atoms with van der Waals surface area (Å²) in [5.74, 6) is 2.78. The van der Waals surface area contributed by atoms with E-state index in [-0.39, 0.29) is 15.7 Å². The molecule has 5 atom stereocenters. The minimum atomic E-state index is -2.14. The fraction of sp³-hybridized carbons (Fsp3) is 0.341. The van der Waals surface area contributed by atoms with Gasteiger partial charge in [-0.1, -0.05) is 131 Å². The van der Waals surface area contributed by atoms with Crippen LogP contribution in [0, 0.1) is 11.5 Å². The molecular formula is C41H42Cl3N3O5Si. The zero-order chi connectivity index (χ0) is 38.2. The van der Waals surface area contributed by atoms with Crippen molar-refractivity contribution >= 4 is 59.9 Å². The van der Waals surface area contributed by atoms with Crippen molar-refractivity contribution in [2.75, 3.05) is 0 Å². The van der Waals surface area contributed by atoms with E-state index >= 15 is 0 Å². The fourth-order valence-corrected chi connectivity index (χ4v) is 13.5. The highest BCUT2D eigenvalue weighted by Gasteiger charge is 2.50. The number of aliphatic hydroxyl groups excluding tert-OH is 2. The maximum absolute atomic E-state index is 13.7. The van der Waals surface area contributed by atoms with Gasteiger partial charge in [0, 0.05) is 6.20 Å². The highest BCUT2D eigenvalue weighted by Crippen LogP contribution is 2.43. The third-order valence-corrected chi connectivity index (χ3v) is 17.7. The first-order valence-electron chi connectivity index (χ1n) is 17.6. The molecule has 2 N–H and O–H groups in total. The van der Waals surface area contributed by atoms with Crippen LogP contribution in [0.15, 0.2) is 85.3 Å². The third-order valence-electron chi connectivity index (χ3n) is 10.4. The Morgan fingerprint density at radius 2 is 1.49 bits per heavy atom. The quantitative estimate of drug-likeness (QED) is 0.0663. The molecule has 3 aromatic carbocycles. The van der Waals surface area contributed by atoms with Crippen LogP contribution in [0.2, 0.25) is 31.8 Å². The average Bonchev–Trinajstić information content (AvgIpc) is 3.65. The molecule has 276 valence electrons. The van der Waals surface area contributed by atoms with Crippen molar-refractivity contribution < 1.29 is 24.5 Å². The lowest BCUT2D eigenvalue weighted by atomic mass is 9.98. The number of hydrogen-bond acceptors (Lipinski definition) is 7. The van der Waals surface area contributed by atoms with Gasteiger partial charge in [0.05, 0.1) is 26.6 Å². The second kappa shape index (κ2) is 15.9. The molecule has 2 aromatic heterocycles. The van der Waals surface area contributed by atoms with Gasteiger partial charge < -0.3 is 24.3 Å². The van der Waals surface area contributed by atoms with Crippen LogP contribution in [0.5, 0.6) is 0 Å². The first-order chi connectivity index (χ1) is 25.2. The van der Waals surface area contributed by atoms with Crippen molar-refractivity contribution in [3.63, 3.8) is 0 Å². The number of nitrogens with zero attached hydrogens (tertiary/aromatic N) is 3. The van der Waals surface area contributed by atoms with Gasteiger partial charge in [-0.2, -0.15) is 0 Å². The predicted octanol–water partition coefficient (Wildman–Crippen LogP) is 9.85. The summed E-state index contributed by atoms with van der Waals surface area (Å²) in [6.07, 6.45) is -3.49. The van der Waals surface area contributed by atoms with E-state index in [1.807, 2.05) is 42.5 Å². The Morgan fingerprint density at radius 3 is 2.11 bits per heavy atom.